The van der Waals surface area contributed by atoms with E-state index in [9.17, 15) is 19.8 Å². The van der Waals surface area contributed by atoms with Crippen LogP contribution in [0.5, 0.6) is 0 Å². The number of aliphatic hydroxyl groups is 2. The minimum absolute atomic E-state index is 0.00765. The largest absolute Gasteiger partial charge is 0.393 e. The Kier molecular flexibility index (Phi) is 13.6. The third kappa shape index (κ3) is 9.10. The van der Waals surface area contributed by atoms with Gasteiger partial charge in [-0.25, -0.2) is 5.48 Å². The molecule has 0 aliphatic heterocycles. The molecule has 1 amide bonds. The van der Waals surface area contributed by atoms with E-state index in [1.807, 2.05) is 20.8 Å². The molecular weight excluding hydrogens is 334 g/mol. The zero-order valence-electron chi connectivity index (χ0n) is 16.9. The van der Waals surface area contributed by atoms with E-state index in [0.717, 1.165) is 44.9 Å². The van der Waals surface area contributed by atoms with Gasteiger partial charge in [-0.1, -0.05) is 40.0 Å². The lowest BCUT2D eigenvalue weighted by Crippen LogP contribution is -2.23. The molecule has 1 rings (SSSR count). The van der Waals surface area contributed by atoms with Crippen LogP contribution in [0.4, 0.5) is 0 Å². The predicted octanol–water partition coefficient (Wildman–Crippen LogP) is 3.22. The van der Waals surface area contributed by atoms with Gasteiger partial charge >= 0.3 is 0 Å². The van der Waals surface area contributed by atoms with Gasteiger partial charge in [0.2, 0.25) is 5.91 Å². The van der Waals surface area contributed by atoms with E-state index >= 15 is 0 Å². The quantitative estimate of drug-likeness (QED) is 0.253. The summed E-state index contributed by atoms with van der Waals surface area (Å²) in [6.45, 7) is 7.51. The van der Waals surface area contributed by atoms with E-state index in [2.05, 4.69) is 0 Å². The van der Waals surface area contributed by atoms with Gasteiger partial charge in [0.1, 0.15) is 5.78 Å². The summed E-state index contributed by atoms with van der Waals surface area (Å²) in [5, 5.41) is 28.8. The second kappa shape index (κ2) is 14.1. The van der Waals surface area contributed by atoms with E-state index in [-0.39, 0.29) is 29.4 Å². The Hall–Kier alpha value is -0.980. The number of nitrogens with one attached hydrogen (secondary N) is 1. The number of hydroxylamine groups is 1. The zero-order chi connectivity index (χ0) is 20.1. The highest BCUT2D eigenvalue weighted by Crippen LogP contribution is 2.39. The summed E-state index contributed by atoms with van der Waals surface area (Å²) in [5.74, 6) is -0.00868. The number of hydrogen-bond donors (Lipinski definition) is 4. The first-order valence-electron chi connectivity index (χ1n) is 10.2. The number of carbonyl (C=O) groups is 2. The number of aliphatic hydroxyl groups excluding tert-OH is 2. The van der Waals surface area contributed by atoms with Crippen molar-refractivity contribution in [1.29, 1.82) is 0 Å². The second-order valence-corrected chi connectivity index (χ2v) is 7.28. The number of Topliss-reactive ketones (excluding diaryl/α,β-unsaturated/α-hetero) is 1. The number of amides is 1. The minimum atomic E-state index is -0.475. The zero-order valence-corrected chi connectivity index (χ0v) is 16.9. The van der Waals surface area contributed by atoms with Crippen molar-refractivity contribution in [3.63, 3.8) is 0 Å². The van der Waals surface area contributed by atoms with Crippen LogP contribution in [0, 0.1) is 17.8 Å². The van der Waals surface area contributed by atoms with Gasteiger partial charge in [0.05, 0.1) is 12.2 Å². The van der Waals surface area contributed by atoms with Gasteiger partial charge in [-0.05, 0) is 50.9 Å². The first-order chi connectivity index (χ1) is 12.4. The molecule has 0 aromatic carbocycles. The van der Waals surface area contributed by atoms with Gasteiger partial charge in [-0.2, -0.15) is 0 Å². The van der Waals surface area contributed by atoms with Gasteiger partial charge in [0.25, 0.3) is 0 Å². The van der Waals surface area contributed by atoms with Crippen LogP contribution in [0.3, 0.4) is 0 Å². The summed E-state index contributed by atoms with van der Waals surface area (Å²) < 4.78 is 0. The lowest BCUT2D eigenvalue weighted by atomic mass is 9.83. The Balaban J connectivity index is 0.00000301. The first-order valence-corrected chi connectivity index (χ1v) is 10.2. The third-order valence-corrected chi connectivity index (χ3v) is 5.46. The maximum atomic E-state index is 11.4. The van der Waals surface area contributed by atoms with Crippen LogP contribution in [-0.2, 0) is 9.59 Å². The molecule has 1 saturated carbocycles. The molecule has 0 aromatic heterocycles. The summed E-state index contributed by atoms with van der Waals surface area (Å²) >= 11 is 0. The lowest BCUT2D eigenvalue weighted by Gasteiger charge is -2.24. The fourth-order valence-electron chi connectivity index (χ4n) is 3.70. The summed E-state index contributed by atoms with van der Waals surface area (Å²) in [7, 11) is 0. The van der Waals surface area contributed by atoms with Gasteiger partial charge in [0, 0.05) is 12.3 Å². The number of rotatable bonds is 11. The van der Waals surface area contributed by atoms with Crippen LogP contribution in [-0.4, -0.2) is 39.3 Å². The number of ketones is 1. The van der Waals surface area contributed by atoms with E-state index in [1.54, 1.807) is 12.4 Å². The summed E-state index contributed by atoms with van der Waals surface area (Å²) in [6.07, 6.45) is 5.79. The van der Waals surface area contributed by atoms with Crippen LogP contribution >= 0.6 is 0 Å². The molecule has 1 fully saturated rings. The lowest BCUT2D eigenvalue weighted by molar-refractivity contribution is -0.129. The summed E-state index contributed by atoms with van der Waals surface area (Å²) in [6, 6.07) is 0. The molecule has 0 saturated heterocycles. The summed E-state index contributed by atoms with van der Waals surface area (Å²) in [5.41, 5.74) is 1.62. The van der Waals surface area contributed by atoms with Crippen LogP contribution in [0.2, 0.25) is 0 Å². The molecule has 0 aromatic rings. The van der Waals surface area contributed by atoms with Crippen molar-refractivity contribution < 1.29 is 25.0 Å². The van der Waals surface area contributed by atoms with Crippen LogP contribution in [0.1, 0.15) is 85.5 Å². The van der Waals surface area contributed by atoms with E-state index in [4.69, 9.17) is 5.21 Å². The second-order valence-electron chi connectivity index (χ2n) is 7.28. The molecule has 4 N–H and O–H groups in total. The van der Waals surface area contributed by atoms with E-state index in [0.29, 0.717) is 12.8 Å². The summed E-state index contributed by atoms with van der Waals surface area (Å²) in [4.78, 5) is 22.3. The monoisotopic (exact) mass is 373 g/mol. The van der Waals surface area contributed by atoms with Crippen LogP contribution in [0.25, 0.3) is 0 Å². The Bertz CT molecular complexity index is 402. The molecule has 154 valence electrons. The van der Waals surface area contributed by atoms with Crippen molar-refractivity contribution >= 4 is 11.7 Å². The minimum Gasteiger partial charge on any atom is -0.393 e. The van der Waals surface area contributed by atoms with E-state index < -0.39 is 12.2 Å². The molecule has 0 bridgehead atoms. The highest BCUT2D eigenvalue weighted by atomic mass is 16.5. The number of hydrogen-bond acceptors (Lipinski definition) is 5. The van der Waals surface area contributed by atoms with Crippen LogP contribution in [0.15, 0.2) is 0 Å². The highest BCUT2D eigenvalue weighted by molar-refractivity contribution is 5.77. The highest BCUT2D eigenvalue weighted by Gasteiger charge is 2.40. The molecule has 0 heterocycles. The Morgan fingerprint density at radius 1 is 1.00 bits per heavy atom. The third-order valence-electron chi connectivity index (χ3n) is 5.46. The molecule has 26 heavy (non-hydrogen) atoms. The molecule has 5 atom stereocenters. The fraction of sp³-hybridized carbons (Fsp3) is 0.900. The molecule has 1 unspecified atom stereocenters. The molecule has 6 heteroatoms. The SMILES string of the molecule is CC.CC(=O)C(C)CC[C@@H]1[C@@H](CCCCCCC(=O)NO)[C@@H](O)C[C@H]1O. The normalized spacial score (nSPS) is 26.0. The molecular formula is C20H39NO5. The van der Waals surface area contributed by atoms with Gasteiger partial charge in [-0.15, -0.1) is 0 Å². The van der Waals surface area contributed by atoms with Crippen molar-refractivity contribution in [1.82, 2.24) is 5.48 Å². The van der Waals surface area contributed by atoms with E-state index in [1.165, 1.54) is 0 Å². The van der Waals surface area contributed by atoms with Gasteiger partial charge in [0.15, 0.2) is 0 Å². The first kappa shape index (κ1) is 25.0. The fourth-order valence-corrected chi connectivity index (χ4v) is 3.70. The van der Waals surface area contributed by atoms with Crippen molar-refractivity contribution in [3.8, 4) is 0 Å². The van der Waals surface area contributed by atoms with Gasteiger partial charge in [-0.3, -0.25) is 14.8 Å². The van der Waals surface area contributed by atoms with Gasteiger partial charge < -0.3 is 10.2 Å². The molecule has 1 aliphatic rings. The Morgan fingerprint density at radius 3 is 2.08 bits per heavy atom. The topological polar surface area (TPSA) is 107 Å². The average Bonchev–Trinajstić information content (AvgIpc) is 2.89. The maximum absolute atomic E-state index is 11.4. The average molecular weight is 374 g/mol. The molecule has 6 nitrogen and oxygen atoms in total. The predicted molar refractivity (Wildman–Crippen MR) is 102 cm³/mol. The Morgan fingerprint density at radius 2 is 1.54 bits per heavy atom. The maximum Gasteiger partial charge on any atom is 0.243 e. The van der Waals surface area contributed by atoms with Crippen molar-refractivity contribution in [3.05, 3.63) is 0 Å². The molecule has 0 radical (unpaired) electrons. The number of unbranched alkanes of at least 4 members (excludes halogenated alkanes) is 3. The van der Waals surface area contributed by atoms with Crippen molar-refractivity contribution in [2.75, 3.05) is 0 Å². The standard InChI is InChI=1S/C18H33NO5.C2H6/c1-12(13(2)20)9-10-15-14(16(21)11-17(15)22)7-5-3-4-6-8-18(23)19-24;1-2/h12,14-17,21-22,24H,3-11H2,1-2H3,(H,19,23);1-2H3/t12?,14-,15-,16+,17-;/m1./s1. The Labute approximate surface area is 158 Å². The van der Waals surface area contributed by atoms with Crippen molar-refractivity contribution in [2.45, 2.75) is 97.7 Å². The van der Waals surface area contributed by atoms with Crippen molar-refractivity contribution in [2.24, 2.45) is 17.8 Å². The number of carbonyl (C=O) groups excluding carboxylic acids is 2. The smallest absolute Gasteiger partial charge is 0.243 e. The van der Waals surface area contributed by atoms with Crippen LogP contribution < -0.4 is 5.48 Å². The molecule has 0 spiro atoms. The molecule has 1 aliphatic carbocycles.